The molecule has 0 unspecified atom stereocenters. The number of nitrogens with zero attached hydrogens (tertiary/aromatic N) is 1. The Balaban J connectivity index is 1.89. The lowest BCUT2D eigenvalue weighted by molar-refractivity contribution is 0.329. The predicted octanol–water partition coefficient (Wildman–Crippen LogP) is 4.18. The second kappa shape index (κ2) is 8.27. The third kappa shape index (κ3) is 4.42. The van der Waals surface area contributed by atoms with Crippen molar-refractivity contribution in [2.75, 3.05) is 25.0 Å². The average Bonchev–Trinajstić information content (AvgIpc) is 3.19. The maximum absolute atomic E-state index is 13.1. The molecule has 0 spiro atoms. The lowest BCUT2D eigenvalue weighted by atomic mass is 10.1. The Morgan fingerprint density at radius 2 is 1.81 bits per heavy atom. The molecule has 0 amide bonds. The quantitative estimate of drug-likeness (QED) is 0.768. The van der Waals surface area contributed by atoms with Crippen molar-refractivity contribution >= 4 is 15.7 Å². The fourth-order valence-electron chi connectivity index (χ4n) is 3.23. The molecule has 0 saturated carbocycles. The average molecular weight is 392 g/mol. The maximum atomic E-state index is 13.1. The van der Waals surface area contributed by atoms with Gasteiger partial charge in [-0.3, -0.25) is 0 Å². The third-order valence-corrected chi connectivity index (χ3v) is 6.60. The van der Waals surface area contributed by atoms with Gasteiger partial charge in [-0.15, -0.1) is 0 Å². The summed E-state index contributed by atoms with van der Waals surface area (Å²) in [7, 11) is -3.60. The molecule has 2 aromatic rings. The van der Waals surface area contributed by atoms with Gasteiger partial charge in [-0.2, -0.15) is 4.31 Å². The first-order chi connectivity index (χ1) is 12.9. The fourth-order valence-corrected chi connectivity index (χ4v) is 4.90. The van der Waals surface area contributed by atoms with E-state index in [0.717, 1.165) is 18.4 Å². The zero-order valence-corrected chi connectivity index (χ0v) is 16.4. The van der Waals surface area contributed by atoms with E-state index in [2.05, 4.69) is 5.32 Å². The molecule has 1 atom stereocenters. The number of hydrogen-bond donors (Lipinski definition) is 1. The minimum atomic E-state index is -3.60. The molecule has 5 nitrogen and oxygen atoms in total. The van der Waals surface area contributed by atoms with Crippen molar-refractivity contribution in [1.82, 2.24) is 4.31 Å². The lowest BCUT2D eigenvalue weighted by Crippen LogP contribution is -2.28. The van der Waals surface area contributed by atoms with Crippen LogP contribution in [0.3, 0.4) is 0 Å². The molecular weight excluding hydrogens is 367 g/mol. The number of sulfonamides is 1. The Hall–Kier alpha value is -2.12. The smallest absolute Gasteiger partial charge is 0.246 e. The minimum absolute atomic E-state index is 0.106. The largest absolute Gasteiger partial charge is 0.492 e. The summed E-state index contributed by atoms with van der Waals surface area (Å²) in [6, 6.07) is 11.3. The zero-order valence-electron chi connectivity index (χ0n) is 15.6. The number of hydrogen-bond acceptors (Lipinski definition) is 4. The molecule has 2 aromatic carbocycles. The zero-order chi connectivity index (χ0) is 19.4. The summed E-state index contributed by atoms with van der Waals surface area (Å²) in [5.41, 5.74) is 1.59. The first-order valence-corrected chi connectivity index (χ1v) is 10.6. The second-order valence-corrected chi connectivity index (χ2v) is 8.53. The van der Waals surface area contributed by atoms with Crippen molar-refractivity contribution in [3.05, 3.63) is 53.8 Å². The van der Waals surface area contributed by atoms with Gasteiger partial charge in [0, 0.05) is 24.8 Å². The number of rotatable bonds is 7. The van der Waals surface area contributed by atoms with Crippen LogP contribution in [0.5, 0.6) is 5.75 Å². The standard InChI is InChI=1S/C20H25FN2O3S/c1-3-26-19-11-10-18(22-15(2)16-6-8-17(21)9-7-16)14-20(19)27(24,25)23-12-4-5-13-23/h6-11,14-15,22H,3-5,12-13H2,1-2H3/t15-/m1/s1. The molecule has 146 valence electrons. The highest BCUT2D eigenvalue weighted by molar-refractivity contribution is 7.89. The molecule has 0 bridgehead atoms. The van der Waals surface area contributed by atoms with Crippen LogP contribution in [0.1, 0.15) is 38.3 Å². The number of halogens is 1. The van der Waals surface area contributed by atoms with E-state index in [1.807, 2.05) is 13.8 Å². The summed E-state index contributed by atoms with van der Waals surface area (Å²) in [5, 5.41) is 3.29. The predicted molar refractivity (Wildman–Crippen MR) is 104 cm³/mol. The lowest BCUT2D eigenvalue weighted by Gasteiger charge is -2.21. The molecule has 0 aliphatic carbocycles. The van der Waals surface area contributed by atoms with E-state index < -0.39 is 10.0 Å². The van der Waals surface area contributed by atoms with Gasteiger partial charge in [0.25, 0.3) is 0 Å². The molecule has 0 aromatic heterocycles. The van der Waals surface area contributed by atoms with Crippen molar-refractivity contribution < 1.29 is 17.5 Å². The molecular formula is C20H25FN2O3S. The van der Waals surface area contributed by atoms with Gasteiger partial charge in [0.2, 0.25) is 10.0 Å². The van der Waals surface area contributed by atoms with Crippen molar-refractivity contribution in [1.29, 1.82) is 0 Å². The van der Waals surface area contributed by atoms with Gasteiger partial charge in [-0.25, -0.2) is 12.8 Å². The van der Waals surface area contributed by atoms with Crippen LogP contribution >= 0.6 is 0 Å². The van der Waals surface area contributed by atoms with Gasteiger partial charge in [-0.1, -0.05) is 12.1 Å². The SMILES string of the molecule is CCOc1ccc(N[C@H](C)c2ccc(F)cc2)cc1S(=O)(=O)N1CCCC1. The van der Waals surface area contributed by atoms with Gasteiger partial charge in [-0.05, 0) is 62.6 Å². The third-order valence-electron chi connectivity index (χ3n) is 4.68. The highest BCUT2D eigenvalue weighted by Gasteiger charge is 2.30. The number of anilines is 1. The second-order valence-electron chi connectivity index (χ2n) is 6.62. The topological polar surface area (TPSA) is 58.6 Å². The summed E-state index contributed by atoms with van der Waals surface area (Å²) in [6.45, 7) is 5.24. The molecule has 7 heteroatoms. The summed E-state index contributed by atoms with van der Waals surface area (Å²) >= 11 is 0. The van der Waals surface area contributed by atoms with E-state index in [0.29, 0.717) is 31.1 Å². The number of nitrogens with one attached hydrogen (secondary N) is 1. The van der Waals surface area contributed by atoms with Crippen molar-refractivity contribution in [2.24, 2.45) is 0 Å². The Morgan fingerprint density at radius 3 is 2.44 bits per heavy atom. The summed E-state index contributed by atoms with van der Waals surface area (Å²) in [6.07, 6.45) is 1.76. The summed E-state index contributed by atoms with van der Waals surface area (Å²) in [4.78, 5) is 0.183. The first-order valence-electron chi connectivity index (χ1n) is 9.21. The summed E-state index contributed by atoms with van der Waals surface area (Å²) < 4.78 is 46.3. The molecule has 1 fully saturated rings. The van der Waals surface area contributed by atoms with Crippen LogP contribution in [0.25, 0.3) is 0 Å². The monoisotopic (exact) mass is 392 g/mol. The van der Waals surface area contributed by atoms with Crippen molar-refractivity contribution in [3.8, 4) is 5.75 Å². The van der Waals surface area contributed by atoms with Crippen LogP contribution in [-0.4, -0.2) is 32.4 Å². The molecule has 1 aliphatic rings. The maximum Gasteiger partial charge on any atom is 0.246 e. The van der Waals surface area contributed by atoms with Crippen LogP contribution in [0, 0.1) is 5.82 Å². The van der Waals surface area contributed by atoms with Crippen LogP contribution in [0.4, 0.5) is 10.1 Å². The van der Waals surface area contributed by atoms with Crippen LogP contribution < -0.4 is 10.1 Å². The Bertz CT molecular complexity index is 879. The van der Waals surface area contributed by atoms with E-state index in [4.69, 9.17) is 4.74 Å². The van der Waals surface area contributed by atoms with E-state index in [1.54, 1.807) is 30.3 Å². The summed E-state index contributed by atoms with van der Waals surface area (Å²) in [5.74, 6) is 0.0791. The van der Waals surface area contributed by atoms with E-state index in [-0.39, 0.29) is 16.8 Å². The minimum Gasteiger partial charge on any atom is -0.492 e. The van der Waals surface area contributed by atoms with Crippen LogP contribution in [0.2, 0.25) is 0 Å². The van der Waals surface area contributed by atoms with Gasteiger partial charge in [0.1, 0.15) is 16.5 Å². The molecule has 3 rings (SSSR count). The molecule has 1 saturated heterocycles. The van der Waals surface area contributed by atoms with Crippen LogP contribution in [-0.2, 0) is 10.0 Å². The van der Waals surface area contributed by atoms with E-state index >= 15 is 0 Å². The molecule has 1 aliphatic heterocycles. The van der Waals surface area contributed by atoms with E-state index in [9.17, 15) is 12.8 Å². The normalized spacial score (nSPS) is 16.3. The van der Waals surface area contributed by atoms with Gasteiger partial charge in [0.05, 0.1) is 6.61 Å². The Kier molecular flexibility index (Phi) is 6.01. The van der Waals surface area contributed by atoms with Gasteiger partial charge in [0.15, 0.2) is 0 Å². The first kappa shape index (κ1) is 19.6. The molecule has 1 heterocycles. The van der Waals surface area contributed by atoms with Crippen LogP contribution in [0.15, 0.2) is 47.4 Å². The fraction of sp³-hybridized carbons (Fsp3) is 0.400. The molecule has 27 heavy (non-hydrogen) atoms. The van der Waals surface area contributed by atoms with Gasteiger partial charge < -0.3 is 10.1 Å². The number of benzene rings is 2. The Labute approximate surface area is 160 Å². The van der Waals surface area contributed by atoms with Gasteiger partial charge >= 0.3 is 0 Å². The highest BCUT2D eigenvalue weighted by Crippen LogP contribution is 2.32. The van der Waals surface area contributed by atoms with E-state index in [1.165, 1.54) is 16.4 Å². The number of ether oxygens (including phenoxy) is 1. The van der Waals surface area contributed by atoms with Crippen molar-refractivity contribution in [3.63, 3.8) is 0 Å². The highest BCUT2D eigenvalue weighted by atomic mass is 32.2. The molecule has 0 radical (unpaired) electrons. The molecule has 1 N–H and O–H groups in total. The van der Waals surface area contributed by atoms with Crippen molar-refractivity contribution in [2.45, 2.75) is 37.6 Å². The Morgan fingerprint density at radius 1 is 1.15 bits per heavy atom.